The Bertz CT molecular complexity index is 452. The minimum absolute atomic E-state index is 0.0271. The molecule has 2 rings (SSSR count). The summed E-state index contributed by atoms with van der Waals surface area (Å²) in [6.07, 6.45) is 2.88. The van der Waals surface area contributed by atoms with E-state index in [4.69, 9.17) is 0 Å². The van der Waals surface area contributed by atoms with Crippen molar-refractivity contribution in [3.05, 3.63) is 30.1 Å². The summed E-state index contributed by atoms with van der Waals surface area (Å²) in [6.45, 7) is 6.71. The van der Waals surface area contributed by atoms with Crippen molar-refractivity contribution in [2.24, 2.45) is 17.3 Å². The van der Waals surface area contributed by atoms with Crippen LogP contribution in [-0.2, 0) is 4.79 Å². The van der Waals surface area contributed by atoms with E-state index in [-0.39, 0.29) is 17.1 Å². The number of amides is 1. The van der Waals surface area contributed by atoms with Crippen LogP contribution in [0.3, 0.4) is 0 Å². The quantitative estimate of drug-likeness (QED) is 0.865. The van der Waals surface area contributed by atoms with Crippen LogP contribution in [0.5, 0.6) is 0 Å². The summed E-state index contributed by atoms with van der Waals surface area (Å²) in [5.41, 5.74) is 0.921. The van der Waals surface area contributed by atoms with E-state index in [2.05, 4.69) is 26.1 Å². The smallest absolute Gasteiger partial charge is 0.224 e. The SMILES string of the molecule is CC[C@H]1C[C@H](CC(=O)Nc2ccc(F)cc2)C1(C)C. The van der Waals surface area contributed by atoms with Crippen LogP contribution < -0.4 is 5.32 Å². The third-order valence-corrected chi connectivity index (χ3v) is 4.73. The average molecular weight is 263 g/mol. The highest BCUT2D eigenvalue weighted by atomic mass is 19.1. The van der Waals surface area contributed by atoms with Gasteiger partial charge in [0.2, 0.25) is 5.91 Å². The predicted molar refractivity (Wildman–Crippen MR) is 75.3 cm³/mol. The van der Waals surface area contributed by atoms with E-state index in [1.165, 1.54) is 18.6 Å². The van der Waals surface area contributed by atoms with E-state index >= 15 is 0 Å². The Kier molecular flexibility index (Phi) is 3.93. The van der Waals surface area contributed by atoms with Crippen molar-refractivity contribution in [2.45, 2.75) is 40.0 Å². The molecule has 0 aliphatic heterocycles. The van der Waals surface area contributed by atoms with Gasteiger partial charge in [-0.25, -0.2) is 4.39 Å². The lowest BCUT2D eigenvalue weighted by Crippen LogP contribution is -2.45. The van der Waals surface area contributed by atoms with Gasteiger partial charge in [0.15, 0.2) is 0 Å². The highest BCUT2D eigenvalue weighted by molar-refractivity contribution is 5.90. The fourth-order valence-corrected chi connectivity index (χ4v) is 3.13. The number of halogens is 1. The van der Waals surface area contributed by atoms with Gasteiger partial charge in [-0.05, 0) is 47.9 Å². The highest BCUT2D eigenvalue weighted by Crippen LogP contribution is 2.54. The lowest BCUT2D eigenvalue weighted by atomic mass is 9.53. The number of anilines is 1. The van der Waals surface area contributed by atoms with Crippen molar-refractivity contribution in [3.8, 4) is 0 Å². The zero-order valence-corrected chi connectivity index (χ0v) is 11.9. The maximum atomic E-state index is 12.8. The molecule has 1 amide bonds. The molecule has 1 N–H and O–H groups in total. The van der Waals surface area contributed by atoms with Crippen molar-refractivity contribution in [1.82, 2.24) is 0 Å². The molecule has 3 heteroatoms. The standard InChI is InChI=1S/C16H22FNO/c1-4-11-9-12(16(11,2)3)10-15(19)18-14-7-5-13(17)6-8-14/h5-8,11-12H,4,9-10H2,1-3H3,(H,18,19)/t11-,12+/m0/s1. The van der Waals surface area contributed by atoms with Crippen LogP contribution in [0, 0.1) is 23.1 Å². The Morgan fingerprint density at radius 2 is 1.95 bits per heavy atom. The maximum absolute atomic E-state index is 12.8. The van der Waals surface area contributed by atoms with Gasteiger partial charge in [0.25, 0.3) is 0 Å². The van der Waals surface area contributed by atoms with Crippen LogP contribution in [0.2, 0.25) is 0 Å². The van der Waals surface area contributed by atoms with Crippen LogP contribution >= 0.6 is 0 Å². The molecule has 1 fully saturated rings. The second-order valence-corrected chi connectivity index (χ2v) is 6.12. The fourth-order valence-electron chi connectivity index (χ4n) is 3.13. The Balaban J connectivity index is 1.87. The van der Waals surface area contributed by atoms with E-state index in [0.717, 1.165) is 12.3 Å². The molecule has 2 atom stereocenters. The van der Waals surface area contributed by atoms with Crippen molar-refractivity contribution < 1.29 is 9.18 Å². The first-order chi connectivity index (χ1) is 8.93. The van der Waals surface area contributed by atoms with Gasteiger partial charge in [0.05, 0.1) is 0 Å². The lowest BCUT2D eigenvalue weighted by molar-refractivity contribution is -0.122. The molecular formula is C16H22FNO. The van der Waals surface area contributed by atoms with Gasteiger partial charge in [-0.15, -0.1) is 0 Å². The second kappa shape index (κ2) is 5.32. The van der Waals surface area contributed by atoms with Crippen molar-refractivity contribution in [3.63, 3.8) is 0 Å². The first kappa shape index (κ1) is 14.0. The normalized spacial score (nSPS) is 24.6. The molecule has 0 radical (unpaired) electrons. The van der Waals surface area contributed by atoms with Crippen molar-refractivity contribution >= 4 is 11.6 Å². The van der Waals surface area contributed by atoms with E-state index < -0.39 is 0 Å². The molecule has 0 heterocycles. The number of nitrogens with one attached hydrogen (secondary N) is 1. The Hall–Kier alpha value is -1.38. The summed E-state index contributed by atoms with van der Waals surface area (Å²) in [5.74, 6) is 0.928. The van der Waals surface area contributed by atoms with Crippen LogP contribution in [0.4, 0.5) is 10.1 Å². The number of hydrogen-bond donors (Lipinski definition) is 1. The summed E-state index contributed by atoms with van der Waals surface area (Å²) >= 11 is 0. The number of rotatable bonds is 4. The largest absolute Gasteiger partial charge is 0.326 e. The molecule has 0 spiro atoms. The van der Waals surface area contributed by atoms with Crippen molar-refractivity contribution in [1.29, 1.82) is 0 Å². The molecule has 1 aromatic carbocycles. The van der Waals surface area contributed by atoms with Gasteiger partial charge in [0.1, 0.15) is 5.82 Å². The molecule has 1 aromatic rings. The summed E-state index contributed by atoms with van der Waals surface area (Å²) in [5, 5.41) is 2.83. The van der Waals surface area contributed by atoms with Crippen LogP contribution in [0.15, 0.2) is 24.3 Å². The average Bonchev–Trinajstić information content (AvgIpc) is 2.37. The molecule has 1 aliphatic rings. The first-order valence-electron chi connectivity index (χ1n) is 6.99. The van der Waals surface area contributed by atoms with E-state index in [0.29, 0.717) is 18.0 Å². The molecular weight excluding hydrogens is 241 g/mol. The minimum Gasteiger partial charge on any atom is -0.326 e. The number of benzene rings is 1. The zero-order valence-electron chi connectivity index (χ0n) is 11.9. The van der Waals surface area contributed by atoms with Crippen molar-refractivity contribution in [2.75, 3.05) is 5.32 Å². The molecule has 0 bridgehead atoms. The summed E-state index contributed by atoms with van der Waals surface area (Å²) in [4.78, 5) is 12.0. The topological polar surface area (TPSA) is 29.1 Å². The van der Waals surface area contributed by atoms with Gasteiger partial charge in [-0.2, -0.15) is 0 Å². The minimum atomic E-state index is -0.288. The summed E-state index contributed by atoms with van der Waals surface area (Å²) < 4.78 is 12.8. The first-order valence-corrected chi connectivity index (χ1v) is 6.99. The van der Waals surface area contributed by atoms with E-state index in [1.807, 2.05) is 0 Å². The third kappa shape index (κ3) is 2.96. The Labute approximate surface area is 114 Å². The molecule has 1 aliphatic carbocycles. The van der Waals surface area contributed by atoms with Crippen LogP contribution in [-0.4, -0.2) is 5.91 Å². The highest BCUT2D eigenvalue weighted by Gasteiger charge is 2.47. The van der Waals surface area contributed by atoms with Gasteiger partial charge in [-0.1, -0.05) is 27.2 Å². The van der Waals surface area contributed by atoms with Crippen LogP contribution in [0.1, 0.15) is 40.0 Å². The summed E-state index contributed by atoms with van der Waals surface area (Å²) in [6, 6.07) is 5.90. The monoisotopic (exact) mass is 263 g/mol. The predicted octanol–water partition coefficient (Wildman–Crippen LogP) is 4.23. The fraction of sp³-hybridized carbons (Fsp3) is 0.562. The molecule has 104 valence electrons. The molecule has 19 heavy (non-hydrogen) atoms. The Morgan fingerprint density at radius 3 is 2.47 bits per heavy atom. The molecule has 0 aromatic heterocycles. The summed E-state index contributed by atoms with van der Waals surface area (Å²) in [7, 11) is 0. The Morgan fingerprint density at radius 1 is 1.32 bits per heavy atom. The maximum Gasteiger partial charge on any atom is 0.224 e. The van der Waals surface area contributed by atoms with Crippen LogP contribution in [0.25, 0.3) is 0 Å². The molecule has 0 unspecified atom stereocenters. The van der Waals surface area contributed by atoms with Gasteiger partial charge in [0, 0.05) is 12.1 Å². The van der Waals surface area contributed by atoms with E-state index in [9.17, 15) is 9.18 Å². The van der Waals surface area contributed by atoms with Gasteiger partial charge < -0.3 is 5.32 Å². The lowest BCUT2D eigenvalue weighted by Gasteiger charge is -2.52. The van der Waals surface area contributed by atoms with Gasteiger partial charge in [-0.3, -0.25) is 4.79 Å². The molecule has 0 saturated heterocycles. The molecule has 2 nitrogen and oxygen atoms in total. The number of carbonyl (C=O) groups excluding carboxylic acids is 1. The second-order valence-electron chi connectivity index (χ2n) is 6.12. The van der Waals surface area contributed by atoms with E-state index in [1.54, 1.807) is 12.1 Å². The van der Waals surface area contributed by atoms with Gasteiger partial charge >= 0.3 is 0 Å². The molecule has 1 saturated carbocycles. The number of carbonyl (C=O) groups is 1. The zero-order chi connectivity index (χ0) is 14.0. The third-order valence-electron chi connectivity index (χ3n) is 4.73. The number of hydrogen-bond acceptors (Lipinski definition) is 1.